The number of hydrazone groups is 1. The minimum Gasteiger partial charge on any atom is -0.478 e. The van der Waals surface area contributed by atoms with Gasteiger partial charge in [-0.05, 0) is 30.4 Å². The molecular weight excluding hydrogens is 306 g/mol. The predicted octanol–water partition coefficient (Wildman–Crippen LogP) is 1.73. The predicted molar refractivity (Wildman–Crippen MR) is 84.7 cm³/mol. The van der Waals surface area contributed by atoms with Crippen LogP contribution in [-0.4, -0.2) is 29.6 Å². The lowest BCUT2D eigenvalue weighted by molar-refractivity contribution is -0.140. The van der Waals surface area contributed by atoms with Crippen molar-refractivity contribution in [1.82, 2.24) is 5.01 Å². The van der Waals surface area contributed by atoms with E-state index in [1.54, 1.807) is 24.3 Å². The number of benzene rings is 1. The smallest absolute Gasteiger partial charge is 0.254 e. The van der Waals surface area contributed by atoms with E-state index in [1.165, 1.54) is 6.21 Å². The average molecular weight is 321 g/mol. The summed E-state index contributed by atoms with van der Waals surface area (Å²) in [6.07, 6.45) is 6.44. The quantitative estimate of drug-likeness (QED) is 0.480. The van der Waals surface area contributed by atoms with Gasteiger partial charge in [0.15, 0.2) is 6.61 Å². The van der Waals surface area contributed by atoms with Crippen molar-refractivity contribution in [1.29, 1.82) is 5.26 Å². The van der Waals surface area contributed by atoms with Gasteiger partial charge in [-0.15, -0.1) is 0 Å². The van der Waals surface area contributed by atoms with Crippen molar-refractivity contribution in [3.63, 3.8) is 0 Å². The molecule has 2 aliphatic carbocycles. The Labute approximate surface area is 139 Å². The molecule has 4 rings (SSSR count). The second kappa shape index (κ2) is 5.60. The molecule has 0 aromatic heterocycles. The highest BCUT2D eigenvalue weighted by atomic mass is 16.5. The number of rotatable bonds is 4. The Kier molecular flexibility index (Phi) is 3.42. The summed E-state index contributed by atoms with van der Waals surface area (Å²) in [7, 11) is 0. The lowest BCUT2D eigenvalue weighted by Crippen LogP contribution is -2.28. The second-order valence-corrected chi connectivity index (χ2v) is 6.22. The lowest BCUT2D eigenvalue weighted by Gasteiger charge is -2.13. The third kappa shape index (κ3) is 2.13. The van der Waals surface area contributed by atoms with Crippen molar-refractivity contribution >= 4 is 18.0 Å². The molecule has 4 atom stereocenters. The zero-order chi connectivity index (χ0) is 16.7. The van der Waals surface area contributed by atoms with Crippen LogP contribution in [0.5, 0.6) is 5.75 Å². The van der Waals surface area contributed by atoms with Crippen LogP contribution in [0.3, 0.4) is 0 Å². The standard InChI is InChI=1S/C18H15N3O3/c19-7-8-24-14-4-2-1-3-13(14)10-20-21-17(22)15-11-5-6-12(9-11)16(15)18(21)23/h1-6,10-12,15-16H,8-9H2/b20-10-/t11-,12-,15-,16-/m0/s1. The Morgan fingerprint density at radius 2 is 1.88 bits per heavy atom. The number of fused-ring (bicyclic) bond motifs is 5. The molecule has 2 fully saturated rings. The number of carbonyl (C=O) groups excluding carboxylic acids is 2. The van der Waals surface area contributed by atoms with Crippen LogP contribution in [0.15, 0.2) is 41.5 Å². The van der Waals surface area contributed by atoms with E-state index in [2.05, 4.69) is 17.3 Å². The highest BCUT2D eigenvalue weighted by molar-refractivity contribution is 6.06. The molecule has 2 amide bonds. The summed E-state index contributed by atoms with van der Waals surface area (Å²) in [6, 6.07) is 8.96. The molecule has 0 unspecified atom stereocenters. The highest BCUT2D eigenvalue weighted by Gasteiger charge is 2.59. The second-order valence-electron chi connectivity index (χ2n) is 6.22. The normalized spacial score (nSPS) is 30.2. The van der Waals surface area contributed by atoms with Crippen LogP contribution in [0.4, 0.5) is 0 Å². The van der Waals surface area contributed by atoms with E-state index in [0.29, 0.717) is 11.3 Å². The summed E-state index contributed by atoms with van der Waals surface area (Å²) >= 11 is 0. The molecule has 2 bridgehead atoms. The van der Waals surface area contributed by atoms with Crippen LogP contribution in [0, 0.1) is 35.0 Å². The molecule has 6 nitrogen and oxygen atoms in total. The van der Waals surface area contributed by atoms with Gasteiger partial charge in [-0.3, -0.25) is 9.59 Å². The number of hydrogen-bond donors (Lipinski definition) is 0. The molecule has 0 spiro atoms. The summed E-state index contributed by atoms with van der Waals surface area (Å²) in [5, 5.41) is 13.8. The molecule has 1 aromatic carbocycles. The van der Waals surface area contributed by atoms with Crippen LogP contribution < -0.4 is 4.74 Å². The van der Waals surface area contributed by atoms with Crippen LogP contribution in [0.1, 0.15) is 12.0 Å². The van der Waals surface area contributed by atoms with Gasteiger partial charge in [0.05, 0.1) is 18.1 Å². The van der Waals surface area contributed by atoms with Gasteiger partial charge in [-0.2, -0.15) is 15.4 Å². The molecule has 1 aliphatic heterocycles. The monoisotopic (exact) mass is 321 g/mol. The number of para-hydroxylation sites is 1. The van der Waals surface area contributed by atoms with Gasteiger partial charge in [0, 0.05) is 5.56 Å². The van der Waals surface area contributed by atoms with Crippen LogP contribution >= 0.6 is 0 Å². The van der Waals surface area contributed by atoms with Gasteiger partial charge in [0.1, 0.15) is 11.8 Å². The van der Waals surface area contributed by atoms with E-state index in [1.807, 2.05) is 6.07 Å². The first-order valence-corrected chi connectivity index (χ1v) is 7.89. The third-order valence-electron chi connectivity index (χ3n) is 4.97. The van der Waals surface area contributed by atoms with Crippen LogP contribution in [0.2, 0.25) is 0 Å². The maximum Gasteiger partial charge on any atom is 0.254 e. The fraction of sp³-hybridized carbons (Fsp3) is 0.333. The maximum atomic E-state index is 12.5. The van der Waals surface area contributed by atoms with E-state index in [4.69, 9.17) is 10.00 Å². The minimum absolute atomic E-state index is 0.0778. The summed E-state index contributed by atoms with van der Waals surface area (Å²) in [6.45, 7) is -0.0778. The zero-order valence-corrected chi connectivity index (χ0v) is 12.8. The molecule has 1 saturated carbocycles. The largest absolute Gasteiger partial charge is 0.478 e. The Hall–Kier alpha value is -2.94. The minimum atomic E-state index is -0.255. The summed E-state index contributed by atoms with van der Waals surface area (Å²) < 4.78 is 5.32. The van der Waals surface area contributed by atoms with Crippen molar-refractivity contribution in [2.75, 3.05) is 6.61 Å². The summed E-state index contributed by atoms with van der Waals surface area (Å²) in [5.74, 6) is -0.110. The molecule has 0 N–H and O–H groups in total. The molecule has 1 heterocycles. The average Bonchev–Trinajstić information content (AvgIpc) is 3.27. The zero-order valence-electron chi connectivity index (χ0n) is 12.8. The van der Waals surface area contributed by atoms with Gasteiger partial charge in [-0.1, -0.05) is 24.3 Å². The first kappa shape index (κ1) is 14.6. The maximum absolute atomic E-state index is 12.5. The summed E-state index contributed by atoms with van der Waals surface area (Å²) in [5.41, 5.74) is 0.617. The molecule has 24 heavy (non-hydrogen) atoms. The number of imide groups is 1. The third-order valence-corrected chi connectivity index (χ3v) is 4.97. The number of carbonyl (C=O) groups is 2. The van der Waals surface area contributed by atoms with E-state index >= 15 is 0 Å². The number of allylic oxidation sites excluding steroid dienone is 2. The first-order valence-electron chi connectivity index (χ1n) is 7.89. The van der Waals surface area contributed by atoms with E-state index < -0.39 is 0 Å². The van der Waals surface area contributed by atoms with Gasteiger partial charge < -0.3 is 4.74 Å². The fourth-order valence-electron chi connectivity index (χ4n) is 3.95. The van der Waals surface area contributed by atoms with E-state index in [0.717, 1.165) is 11.4 Å². The van der Waals surface area contributed by atoms with Crippen molar-refractivity contribution < 1.29 is 14.3 Å². The van der Waals surface area contributed by atoms with Crippen molar-refractivity contribution in [3.8, 4) is 11.8 Å². The van der Waals surface area contributed by atoms with E-state index in [-0.39, 0.29) is 42.1 Å². The number of nitrogens with zero attached hydrogens (tertiary/aromatic N) is 3. The number of ether oxygens (including phenoxy) is 1. The highest BCUT2D eigenvalue weighted by Crippen LogP contribution is 2.52. The molecule has 3 aliphatic rings. The lowest BCUT2D eigenvalue weighted by atomic mass is 9.85. The number of nitriles is 1. The Morgan fingerprint density at radius 1 is 1.21 bits per heavy atom. The fourth-order valence-corrected chi connectivity index (χ4v) is 3.95. The molecule has 6 heteroatoms. The van der Waals surface area contributed by atoms with Crippen molar-refractivity contribution in [2.45, 2.75) is 6.42 Å². The molecule has 1 aromatic rings. The number of hydrogen-bond acceptors (Lipinski definition) is 5. The van der Waals surface area contributed by atoms with Gasteiger partial charge in [0.25, 0.3) is 11.8 Å². The van der Waals surface area contributed by atoms with Crippen molar-refractivity contribution in [3.05, 3.63) is 42.0 Å². The molecule has 120 valence electrons. The van der Waals surface area contributed by atoms with Crippen LogP contribution in [0.25, 0.3) is 0 Å². The van der Waals surface area contributed by atoms with E-state index in [9.17, 15) is 9.59 Å². The topological polar surface area (TPSA) is 82.8 Å². The molecule has 1 saturated heterocycles. The van der Waals surface area contributed by atoms with Gasteiger partial charge >= 0.3 is 0 Å². The Balaban J connectivity index is 1.57. The van der Waals surface area contributed by atoms with Gasteiger partial charge in [-0.25, -0.2) is 0 Å². The number of amides is 2. The SMILES string of the molecule is N#CCOc1ccccc1/C=N\N1C(=O)[C@@H]2[C@@H](C1=O)[C@H]1C=C[C@H]2C1. The van der Waals surface area contributed by atoms with Crippen molar-refractivity contribution in [2.24, 2.45) is 28.8 Å². The molecule has 0 radical (unpaired) electrons. The van der Waals surface area contributed by atoms with Crippen LogP contribution in [-0.2, 0) is 9.59 Å². The Bertz CT molecular complexity index is 778. The van der Waals surface area contributed by atoms with Gasteiger partial charge in [0.2, 0.25) is 0 Å². The first-order chi connectivity index (χ1) is 11.7. The Morgan fingerprint density at radius 3 is 2.54 bits per heavy atom. The molecular formula is C18H15N3O3. The summed E-state index contributed by atoms with van der Waals surface area (Å²) in [4.78, 5) is 25.1.